The van der Waals surface area contributed by atoms with Gasteiger partial charge in [-0.25, -0.2) is 12.7 Å². The lowest BCUT2D eigenvalue weighted by Crippen LogP contribution is -2.49. The Morgan fingerprint density at radius 2 is 1.86 bits per heavy atom. The SMILES string of the molecule is CN(C1CC2CCC(C1)N2)S(=O)(=O)CCc1ccncc1. The highest BCUT2D eigenvalue weighted by Crippen LogP contribution is 2.30. The van der Waals surface area contributed by atoms with E-state index in [0.29, 0.717) is 18.5 Å². The van der Waals surface area contributed by atoms with E-state index in [4.69, 9.17) is 0 Å². The third-order valence-corrected chi connectivity index (χ3v) is 6.69. The Morgan fingerprint density at radius 1 is 1.24 bits per heavy atom. The summed E-state index contributed by atoms with van der Waals surface area (Å²) >= 11 is 0. The molecular formula is C15H23N3O2S. The summed E-state index contributed by atoms with van der Waals surface area (Å²) in [6.07, 6.45) is 8.22. The maximum atomic E-state index is 12.5. The van der Waals surface area contributed by atoms with Crippen molar-refractivity contribution in [3.8, 4) is 0 Å². The van der Waals surface area contributed by atoms with Crippen molar-refractivity contribution in [3.63, 3.8) is 0 Å². The van der Waals surface area contributed by atoms with Gasteiger partial charge >= 0.3 is 0 Å². The third-order valence-electron chi connectivity index (χ3n) is 4.80. The molecule has 0 amide bonds. The summed E-state index contributed by atoms with van der Waals surface area (Å²) in [4.78, 5) is 3.96. The van der Waals surface area contributed by atoms with Crippen molar-refractivity contribution in [2.45, 2.75) is 50.2 Å². The summed E-state index contributed by atoms with van der Waals surface area (Å²) < 4.78 is 26.7. The minimum absolute atomic E-state index is 0.159. The quantitative estimate of drug-likeness (QED) is 0.887. The van der Waals surface area contributed by atoms with Crippen LogP contribution in [0.1, 0.15) is 31.2 Å². The van der Waals surface area contributed by atoms with Crippen LogP contribution in [0.25, 0.3) is 0 Å². The first kappa shape index (κ1) is 14.9. The average Bonchev–Trinajstić information content (AvgIpc) is 2.84. The number of piperidine rings is 1. The zero-order valence-corrected chi connectivity index (χ0v) is 13.2. The van der Waals surface area contributed by atoms with Crippen molar-refractivity contribution >= 4 is 10.0 Å². The lowest BCUT2D eigenvalue weighted by molar-refractivity contribution is 0.251. The number of hydrogen-bond donors (Lipinski definition) is 1. The van der Waals surface area contributed by atoms with Crippen LogP contribution in [0, 0.1) is 0 Å². The Kier molecular flexibility index (Phi) is 4.28. The van der Waals surface area contributed by atoms with Crippen LogP contribution in [-0.2, 0) is 16.4 Å². The van der Waals surface area contributed by atoms with E-state index in [1.54, 1.807) is 23.7 Å². The molecule has 2 bridgehead atoms. The first-order chi connectivity index (χ1) is 10.0. The fraction of sp³-hybridized carbons (Fsp3) is 0.667. The van der Waals surface area contributed by atoms with E-state index in [9.17, 15) is 8.42 Å². The molecule has 1 N–H and O–H groups in total. The summed E-state index contributed by atoms with van der Waals surface area (Å²) in [6.45, 7) is 0. The average molecular weight is 309 g/mol. The molecule has 2 saturated heterocycles. The fourth-order valence-electron chi connectivity index (χ4n) is 3.49. The molecule has 5 nitrogen and oxygen atoms in total. The largest absolute Gasteiger partial charge is 0.311 e. The monoisotopic (exact) mass is 309 g/mol. The van der Waals surface area contributed by atoms with Crippen LogP contribution < -0.4 is 5.32 Å². The van der Waals surface area contributed by atoms with Gasteiger partial charge in [0, 0.05) is 37.6 Å². The van der Waals surface area contributed by atoms with Crippen molar-refractivity contribution in [1.29, 1.82) is 0 Å². The number of sulfonamides is 1. The van der Waals surface area contributed by atoms with E-state index < -0.39 is 10.0 Å². The van der Waals surface area contributed by atoms with Crippen LogP contribution in [0.2, 0.25) is 0 Å². The Balaban J connectivity index is 1.61. The minimum Gasteiger partial charge on any atom is -0.311 e. The number of nitrogens with zero attached hydrogens (tertiary/aromatic N) is 2. The molecule has 2 unspecified atom stereocenters. The van der Waals surface area contributed by atoms with E-state index in [-0.39, 0.29) is 11.8 Å². The van der Waals surface area contributed by atoms with Gasteiger partial charge < -0.3 is 5.32 Å². The van der Waals surface area contributed by atoms with Gasteiger partial charge in [0.15, 0.2) is 0 Å². The van der Waals surface area contributed by atoms with Crippen LogP contribution in [0.3, 0.4) is 0 Å². The lowest BCUT2D eigenvalue weighted by Gasteiger charge is -2.34. The molecule has 2 aliphatic rings. The molecule has 2 fully saturated rings. The van der Waals surface area contributed by atoms with Gasteiger partial charge in [-0.2, -0.15) is 0 Å². The van der Waals surface area contributed by atoms with Crippen LogP contribution in [0.4, 0.5) is 0 Å². The third kappa shape index (κ3) is 3.44. The van der Waals surface area contributed by atoms with Crippen molar-refractivity contribution in [1.82, 2.24) is 14.6 Å². The predicted octanol–water partition coefficient (Wildman–Crippen LogP) is 1.17. The summed E-state index contributed by atoms with van der Waals surface area (Å²) in [6, 6.07) is 4.92. The van der Waals surface area contributed by atoms with Gasteiger partial charge in [0.1, 0.15) is 0 Å². The summed E-state index contributed by atoms with van der Waals surface area (Å²) in [7, 11) is -1.44. The van der Waals surface area contributed by atoms with Crippen LogP contribution >= 0.6 is 0 Å². The highest BCUT2D eigenvalue weighted by molar-refractivity contribution is 7.89. The van der Waals surface area contributed by atoms with E-state index in [2.05, 4.69) is 10.3 Å². The summed E-state index contributed by atoms with van der Waals surface area (Å²) in [5.74, 6) is 0.173. The zero-order chi connectivity index (χ0) is 14.9. The van der Waals surface area contributed by atoms with Gasteiger partial charge in [0.2, 0.25) is 10.0 Å². The van der Waals surface area contributed by atoms with Gasteiger partial charge in [-0.15, -0.1) is 0 Å². The maximum absolute atomic E-state index is 12.5. The topological polar surface area (TPSA) is 62.3 Å². The second kappa shape index (κ2) is 6.02. The Bertz CT molecular complexity index is 564. The molecule has 6 heteroatoms. The molecule has 0 saturated carbocycles. The number of rotatable bonds is 5. The second-order valence-corrected chi connectivity index (χ2v) is 8.35. The number of aromatic nitrogens is 1. The van der Waals surface area contributed by atoms with E-state index >= 15 is 0 Å². The van der Waals surface area contributed by atoms with E-state index in [0.717, 1.165) is 18.4 Å². The number of pyridine rings is 1. The van der Waals surface area contributed by atoms with Gasteiger partial charge in [-0.1, -0.05) is 0 Å². The molecule has 116 valence electrons. The molecule has 0 aromatic carbocycles. The predicted molar refractivity (Wildman–Crippen MR) is 82.5 cm³/mol. The Labute approximate surface area is 126 Å². The molecule has 0 aliphatic carbocycles. The number of aryl methyl sites for hydroxylation is 1. The number of fused-ring (bicyclic) bond motifs is 2. The minimum atomic E-state index is -3.19. The molecule has 0 radical (unpaired) electrons. The van der Waals surface area contributed by atoms with Crippen molar-refractivity contribution < 1.29 is 8.42 Å². The number of hydrogen-bond acceptors (Lipinski definition) is 4. The standard InChI is InChI=1S/C15H23N3O2S/c1-18(15-10-13-2-3-14(11-15)17-13)21(19,20)9-6-12-4-7-16-8-5-12/h4-5,7-8,13-15,17H,2-3,6,9-11H2,1H3. The van der Waals surface area contributed by atoms with Gasteiger partial charge in [-0.05, 0) is 49.8 Å². The van der Waals surface area contributed by atoms with E-state index in [1.165, 1.54) is 12.8 Å². The maximum Gasteiger partial charge on any atom is 0.214 e. The Hall–Kier alpha value is -0.980. The summed E-state index contributed by atoms with van der Waals surface area (Å²) in [5, 5.41) is 3.56. The van der Waals surface area contributed by atoms with Crippen molar-refractivity contribution in [3.05, 3.63) is 30.1 Å². The van der Waals surface area contributed by atoms with Crippen molar-refractivity contribution in [2.24, 2.45) is 0 Å². The lowest BCUT2D eigenvalue weighted by atomic mass is 10.0. The van der Waals surface area contributed by atoms with Gasteiger partial charge in [0.05, 0.1) is 5.75 Å². The van der Waals surface area contributed by atoms with Gasteiger partial charge in [-0.3, -0.25) is 4.98 Å². The van der Waals surface area contributed by atoms with Crippen molar-refractivity contribution in [2.75, 3.05) is 12.8 Å². The van der Waals surface area contributed by atoms with Crippen LogP contribution in [0.15, 0.2) is 24.5 Å². The summed E-state index contributed by atoms with van der Waals surface area (Å²) in [5.41, 5.74) is 1.02. The smallest absolute Gasteiger partial charge is 0.214 e. The molecular weight excluding hydrogens is 286 g/mol. The molecule has 2 aliphatic heterocycles. The van der Waals surface area contributed by atoms with Crippen LogP contribution in [0.5, 0.6) is 0 Å². The van der Waals surface area contributed by atoms with E-state index in [1.807, 2.05) is 12.1 Å². The molecule has 21 heavy (non-hydrogen) atoms. The molecule has 3 heterocycles. The molecule has 1 aromatic heterocycles. The number of nitrogens with one attached hydrogen (secondary N) is 1. The normalized spacial score (nSPS) is 29.0. The molecule has 0 spiro atoms. The highest BCUT2D eigenvalue weighted by atomic mass is 32.2. The molecule has 2 atom stereocenters. The fourth-order valence-corrected chi connectivity index (χ4v) is 4.90. The van der Waals surface area contributed by atoms with Gasteiger partial charge in [0.25, 0.3) is 0 Å². The first-order valence-corrected chi connectivity index (χ1v) is 9.26. The zero-order valence-electron chi connectivity index (χ0n) is 12.4. The molecule has 1 aromatic rings. The molecule has 3 rings (SSSR count). The first-order valence-electron chi connectivity index (χ1n) is 7.65. The second-order valence-electron chi connectivity index (χ2n) is 6.20. The highest BCUT2D eigenvalue weighted by Gasteiger charge is 2.38. The Morgan fingerprint density at radius 3 is 2.48 bits per heavy atom. The van der Waals surface area contributed by atoms with Crippen LogP contribution in [-0.4, -0.2) is 48.6 Å².